The molecule has 1 aromatic carbocycles. The summed E-state index contributed by atoms with van der Waals surface area (Å²) in [5.74, 6) is 1.36. The first-order valence-electron chi connectivity index (χ1n) is 8.84. The van der Waals surface area contributed by atoms with E-state index in [9.17, 15) is 4.79 Å². The second-order valence-corrected chi connectivity index (χ2v) is 6.72. The van der Waals surface area contributed by atoms with Gasteiger partial charge in [-0.15, -0.1) is 0 Å². The summed E-state index contributed by atoms with van der Waals surface area (Å²) in [7, 11) is 0. The predicted octanol–water partition coefficient (Wildman–Crippen LogP) is 2.51. The van der Waals surface area contributed by atoms with Crippen LogP contribution in [0.25, 0.3) is 0 Å². The Bertz CT molecular complexity index is 720. The Kier molecular flexibility index (Phi) is 4.61. The fraction of sp³-hybridized carbons (Fsp3) is 0.421. The Morgan fingerprint density at radius 1 is 1.16 bits per heavy atom. The number of benzene rings is 1. The third-order valence-electron chi connectivity index (χ3n) is 4.96. The molecular formula is C19H22N4O2. The van der Waals surface area contributed by atoms with Crippen molar-refractivity contribution in [2.45, 2.75) is 44.3 Å². The SMILES string of the molecule is O=C1CN(Cc2ccc(Oc3cnccn3)cc2)[C@@H]2CCCC[C@H]2N1. The zero-order valence-electron chi connectivity index (χ0n) is 14.1. The first-order chi connectivity index (χ1) is 12.3. The molecule has 0 bridgehead atoms. The second-order valence-electron chi connectivity index (χ2n) is 6.72. The number of fused-ring (bicyclic) bond motifs is 1. The molecule has 4 rings (SSSR count). The summed E-state index contributed by atoms with van der Waals surface area (Å²) in [5.41, 5.74) is 1.19. The van der Waals surface area contributed by atoms with Crippen LogP contribution in [0.5, 0.6) is 11.6 Å². The number of carbonyl (C=O) groups is 1. The highest BCUT2D eigenvalue weighted by molar-refractivity contribution is 5.79. The van der Waals surface area contributed by atoms with Gasteiger partial charge in [0.2, 0.25) is 11.8 Å². The number of carbonyl (C=O) groups excluding carboxylic acids is 1. The molecular weight excluding hydrogens is 316 g/mol. The lowest BCUT2D eigenvalue weighted by atomic mass is 9.87. The van der Waals surface area contributed by atoms with Crippen molar-refractivity contribution in [2.75, 3.05) is 6.54 Å². The number of ether oxygens (including phenoxy) is 1. The minimum absolute atomic E-state index is 0.144. The van der Waals surface area contributed by atoms with Crippen LogP contribution >= 0.6 is 0 Å². The summed E-state index contributed by atoms with van der Waals surface area (Å²) in [6.45, 7) is 1.28. The van der Waals surface area contributed by atoms with Crippen molar-refractivity contribution in [1.82, 2.24) is 20.2 Å². The number of piperazine rings is 1. The van der Waals surface area contributed by atoms with Crippen LogP contribution in [0.3, 0.4) is 0 Å². The highest BCUT2D eigenvalue weighted by Crippen LogP contribution is 2.27. The number of hydrogen-bond acceptors (Lipinski definition) is 5. The Labute approximate surface area is 147 Å². The fourth-order valence-electron chi connectivity index (χ4n) is 3.80. The molecule has 2 atom stereocenters. The topological polar surface area (TPSA) is 67.4 Å². The van der Waals surface area contributed by atoms with Crippen LogP contribution in [0.1, 0.15) is 31.2 Å². The van der Waals surface area contributed by atoms with Crippen LogP contribution in [-0.4, -0.2) is 39.4 Å². The highest BCUT2D eigenvalue weighted by Gasteiger charge is 2.36. The molecule has 2 heterocycles. The van der Waals surface area contributed by atoms with E-state index in [1.54, 1.807) is 18.6 Å². The number of amides is 1. The molecule has 6 heteroatoms. The maximum atomic E-state index is 12.0. The fourth-order valence-corrected chi connectivity index (χ4v) is 3.80. The monoisotopic (exact) mass is 338 g/mol. The summed E-state index contributed by atoms with van der Waals surface area (Å²) in [5, 5.41) is 3.16. The van der Waals surface area contributed by atoms with Gasteiger partial charge in [-0.25, -0.2) is 4.98 Å². The van der Waals surface area contributed by atoms with E-state index in [0.29, 0.717) is 24.5 Å². The van der Waals surface area contributed by atoms with Crippen LogP contribution in [0.4, 0.5) is 0 Å². The average molecular weight is 338 g/mol. The van der Waals surface area contributed by atoms with Crippen LogP contribution in [0, 0.1) is 0 Å². The molecule has 1 amide bonds. The van der Waals surface area contributed by atoms with Crippen molar-refractivity contribution in [3.8, 4) is 11.6 Å². The molecule has 6 nitrogen and oxygen atoms in total. The lowest BCUT2D eigenvalue weighted by Crippen LogP contribution is -2.61. The number of nitrogens with zero attached hydrogens (tertiary/aromatic N) is 3. The number of hydrogen-bond donors (Lipinski definition) is 1. The zero-order chi connectivity index (χ0) is 17.1. The molecule has 0 spiro atoms. The zero-order valence-corrected chi connectivity index (χ0v) is 14.1. The lowest BCUT2D eigenvalue weighted by Gasteiger charge is -2.44. The molecule has 2 fully saturated rings. The van der Waals surface area contributed by atoms with Gasteiger partial charge in [0.15, 0.2) is 0 Å². The summed E-state index contributed by atoms with van der Waals surface area (Å²) >= 11 is 0. The molecule has 2 aliphatic rings. The molecule has 1 aromatic heterocycles. The van der Waals surface area contributed by atoms with E-state index in [1.165, 1.54) is 24.8 Å². The molecule has 1 saturated carbocycles. The van der Waals surface area contributed by atoms with E-state index < -0.39 is 0 Å². The first kappa shape index (κ1) is 16.0. The third-order valence-corrected chi connectivity index (χ3v) is 4.96. The summed E-state index contributed by atoms with van der Waals surface area (Å²) in [6, 6.07) is 8.75. The molecule has 1 aliphatic heterocycles. The first-order valence-corrected chi connectivity index (χ1v) is 8.84. The summed E-state index contributed by atoms with van der Waals surface area (Å²) in [4.78, 5) is 22.4. The van der Waals surface area contributed by atoms with Crippen molar-refractivity contribution in [3.63, 3.8) is 0 Å². The largest absolute Gasteiger partial charge is 0.438 e. The minimum atomic E-state index is 0.144. The smallest absolute Gasteiger partial charge is 0.237 e. The van der Waals surface area contributed by atoms with Crippen molar-refractivity contribution < 1.29 is 9.53 Å². The highest BCUT2D eigenvalue weighted by atomic mass is 16.5. The Morgan fingerprint density at radius 2 is 2.00 bits per heavy atom. The van der Waals surface area contributed by atoms with Gasteiger partial charge in [0, 0.05) is 31.0 Å². The molecule has 0 radical (unpaired) electrons. The number of rotatable bonds is 4. The van der Waals surface area contributed by atoms with Gasteiger partial charge < -0.3 is 10.1 Å². The molecule has 25 heavy (non-hydrogen) atoms. The van der Waals surface area contributed by atoms with E-state index >= 15 is 0 Å². The van der Waals surface area contributed by atoms with Gasteiger partial charge in [-0.05, 0) is 30.5 Å². The van der Waals surface area contributed by atoms with Crippen LogP contribution in [0.15, 0.2) is 42.9 Å². The van der Waals surface area contributed by atoms with Crippen molar-refractivity contribution in [3.05, 3.63) is 48.4 Å². The van der Waals surface area contributed by atoms with Gasteiger partial charge in [-0.1, -0.05) is 25.0 Å². The van der Waals surface area contributed by atoms with Gasteiger partial charge in [0.25, 0.3) is 0 Å². The number of aromatic nitrogens is 2. The maximum absolute atomic E-state index is 12.0. The summed E-state index contributed by atoms with van der Waals surface area (Å²) < 4.78 is 5.67. The average Bonchev–Trinajstić information content (AvgIpc) is 2.64. The van der Waals surface area contributed by atoms with Gasteiger partial charge in [-0.3, -0.25) is 14.7 Å². The Hall–Kier alpha value is -2.47. The lowest BCUT2D eigenvalue weighted by molar-refractivity contribution is -0.128. The van der Waals surface area contributed by atoms with E-state index in [4.69, 9.17) is 4.74 Å². The Morgan fingerprint density at radius 3 is 2.80 bits per heavy atom. The maximum Gasteiger partial charge on any atom is 0.237 e. The summed E-state index contributed by atoms with van der Waals surface area (Å²) in [6.07, 6.45) is 9.52. The molecule has 130 valence electrons. The molecule has 1 N–H and O–H groups in total. The van der Waals surface area contributed by atoms with Gasteiger partial charge in [-0.2, -0.15) is 0 Å². The minimum Gasteiger partial charge on any atom is -0.438 e. The molecule has 1 saturated heterocycles. The molecule has 0 unspecified atom stereocenters. The quantitative estimate of drug-likeness (QED) is 0.928. The third kappa shape index (κ3) is 3.79. The van der Waals surface area contributed by atoms with E-state index in [-0.39, 0.29) is 5.91 Å². The van der Waals surface area contributed by atoms with Gasteiger partial charge >= 0.3 is 0 Å². The van der Waals surface area contributed by atoms with E-state index in [2.05, 4.69) is 32.3 Å². The normalized spacial score (nSPS) is 23.6. The van der Waals surface area contributed by atoms with E-state index in [0.717, 1.165) is 18.7 Å². The Balaban J connectivity index is 1.42. The van der Waals surface area contributed by atoms with Crippen LogP contribution in [0.2, 0.25) is 0 Å². The van der Waals surface area contributed by atoms with Crippen molar-refractivity contribution in [1.29, 1.82) is 0 Å². The van der Waals surface area contributed by atoms with Crippen molar-refractivity contribution >= 4 is 5.91 Å². The predicted molar refractivity (Wildman–Crippen MR) is 93.1 cm³/mol. The molecule has 2 aromatic rings. The van der Waals surface area contributed by atoms with Crippen LogP contribution < -0.4 is 10.1 Å². The molecule has 1 aliphatic carbocycles. The number of nitrogens with one attached hydrogen (secondary N) is 1. The van der Waals surface area contributed by atoms with Gasteiger partial charge in [0.1, 0.15) is 5.75 Å². The van der Waals surface area contributed by atoms with Gasteiger partial charge in [0.05, 0.1) is 12.7 Å². The van der Waals surface area contributed by atoms with E-state index in [1.807, 2.05) is 12.1 Å². The van der Waals surface area contributed by atoms with Crippen LogP contribution in [-0.2, 0) is 11.3 Å². The second kappa shape index (κ2) is 7.19. The van der Waals surface area contributed by atoms with Crippen molar-refractivity contribution in [2.24, 2.45) is 0 Å². The standard InChI is InChI=1S/C19H22N4O2/c24-18-13-23(17-4-2-1-3-16(17)22-18)12-14-5-7-15(8-6-14)25-19-11-20-9-10-21-19/h5-11,16-17H,1-4,12-13H2,(H,22,24)/t16-,17-/m1/s1.